The van der Waals surface area contributed by atoms with Gasteiger partial charge in [0.15, 0.2) is 12.4 Å². The van der Waals surface area contributed by atoms with Crippen molar-refractivity contribution in [3.8, 4) is 5.75 Å². The Morgan fingerprint density at radius 2 is 1.57 bits per heavy atom. The number of amides is 2. The number of hydrogen-bond acceptors (Lipinski definition) is 6. The lowest BCUT2D eigenvalue weighted by Gasteiger charge is -2.28. The number of anilines is 1. The maximum atomic E-state index is 13.4. The van der Waals surface area contributed by atoms with E-state index in [1.807, 2.05) is 18.2 Å². The summed E-state index contributed by atoms with van der Waals surface area (Å²) in [5, 5.41) is 0. The van der Waals surface area contributed by atoms with Crippen LogP contribution in [-0.2, 0) is 14.3 Å². The fourth-order valence-electron chi connectivity index (χ4n) is 5.33. The predicted molar refractivity (Wildman–Crippen MR) is 137 cm³/mol. The van der Waals surface area contributed by atoms with Crippen LogP contribution in [0.4, 0.5) is 5.69 Å². The standard InChI is InChI=1S/C30H27NO6/c1-36-24-12-6-9-21(16-24)27(32)18-37-30(35)22-10-5-11-23(15-22)31-28(33)25-14-13-20(17-26(25)29(31)34)19-7-3-2-4-8-19/h2-12,15-16,20,25-26H,13-14,17-18H2,1H3/t20-,25-,26+/m1/s1. The lowest BCUT2D eigenvalue weighted by Crippen LogP contribution is -2.31. The van der Waals surface area contributed by atoms with Crippen LogP contribution in [0, 0.1) is 11.8 Å². The Bertz CT molecular complexity index is 1350. The molecule has 7 nitrogen and oxygen atoms in total. The SMILES string of the molecule is COc1cccc(C(=O)COC(=O)c2cccc(N3C(=O)[C@H]4C[C@H](c5ccccc5)CC[C@H]4C3=O)c2)c1. The molecular formula is C30H27NO6. The molecule has 3 aromatic rings. The molecule has 1 saturated heterocycles. The van der Waals surface area contributed by atoms with Crippen LogP contribution in [0.3, 0.4) is 0 Å². The van der Waals surface area contributed by atoms with E-state index in [0.29, 0.717) is 29.8 Å². The molecule has 188 valence electrons. The molecule has 0 spiro atoms. The van der Waals surface area contributed by atoms with E-state index in [-0.39, 0.29) is 40.9 Å². The van der Waals surface area contributed by atoms with Crippen molar-refractivity contribution < 1.29 is 28.7 Å². The van der Waals surface area contributed by atoms with E-state index in [2.05, 4.69) is 12.1 Å². The topological polar surface area (TPSA) is 90.0 Å². The van der Waals surface area contributed by atoms with Crippen molar-refractivity contribution in [2.24, 2.45) is 11.8 Å². The largest absolute Gasteiger partial charge is 0.497 e. The number of benzene rings is 3. The highest BCUT2D eigenvalue weighted by atomic mass is 16.5. The van der Waals surface area contributed by atoms with Crippen molar-refractivity contribution in [1.29, 1.82) is 0 Å². The second-order valence-corrected chi connectivity index (χ2v) is 9.43. The van der Waals surface area contributed by atoms with Gasteiger partial charge in [0.25, 0.3) is 0 Å². The molecule has 5 rings (SSSR count). The number of carbonyl (C=O) groups is 4. The van der Waals surface area contributed by atoms with Crippen LogP contribution in [0.5, 0.6) is 5.75 Å². The summed E-state index contributed by atoms with van der Waals surface area (Å²) >= 11 is 0. The highest BCUT2D eigenvalue weighted by molar-refractivity contribution is 6.22. The Balaban J connectivity index is 1.27. The smallest absolute Gasteiger partial charge is 0.338 e. The van der Waals surface area contributed by atoms with Crippen LogP contribution < -0.4 is 9.64 Å². The lowest BCUT2D eigenvalue weighted by atomic mass is 9.73. The van der Waals surface area contributed by atoms with E-state index in [9.17, 15) is 19.2 Å². The van der Waals surface area contributed by atoms with Gasteiger partial charge in [0.1, 0.15) is 5.75 Å². The number of methoxy groups -OCH3 is 1. The van der Waals surface area contributed by atoms with Crippen molar-refractivity contribution in [3.63, 3.8) is 0 Å². The van der Waals surface area contributed by atoms with Gasteiger partial charge in [-0.1, -0.05) is 48.5 Å². The quantitative estimate of drug-likeness (QED) is 0.264. The number of fused-ring (bicyclic) bond motifs is 1. The van der Waals surface area contributed by atoms with Gasteiger partial charge in [-0.25, -0.2) is 4.79 Å². The maximum absolute atomic E-state index is 13.4. The molecule has 3 aromatic carbocycles. The molecule has 2 aliphatic rings. The fourth-order valence-corrected chi connectivity index (χ4v) is 5.33. The number of Topliss-reactive ketones (excluding diaryl/α,β-unsaturated/α-hetero) is 1. The average Bonchev–Trinajstić information content (AvgIpc) is 3.20. The van der Waals surface area contributed by atoms with Gasteiger partial charge in [-0.2, -0.15) is 0 Å². The minimum absolute atomic E-state index is 0.161. The van der Waals surface area contributed by atoms with Gasteiger partial charge >= 0.3 is 5.97 Å². The minimum atomic E-state index is -0.709. The van der Waals surface area contributed by atoms with Crippen molar-refractivity contribution in [3.05, 3.63) is 95.6 Å². The Labute approximate surface area is 215 Å². The molecule has 3 atom stereocenters. The fraction of sp³-hybridized carbons (Fsp3) is 0.267. The van der Waals surface area contributed by atoms with Crippen molar-refractivity contribution >= 4 is 29.3 Å². The number of esters is 1. The molecule has 1 heterocycles. The van der Waals surface area contributed by atoms with E-state index in [1.165, 1.54) is 29.7 Å². The average molecular weight is 498 g/mol. The number of imide groups is 1. The first-order valence-corrected chi connectivity index (χ1v) is 12.3. The highest BCUT2D eigenvalue weighted by Gasteiger charge is 2.50. The third-order valence-corrected chi connectivity index (χ3v) is 7.26. The van der Waals surface area contributed by atoms with Crippen LogP contribution in [0.25, 0.3) is 0 Å². The number of nitrogens with zero attached hydrogens (tertiary/aromatic N) is 1. The molecular weight excluding hydrogens is 470 g/mol. The second kappa shape index (κ2) is 10.4. The highest BCUT2D eigenvalue weighted by Crippen LogP contribution is 2.45. The van der Waals surface area contributed by atoms with E-state index in [1.54, 1.807) is 36.4 Å². The summed E-state index contributed by atoms with van der Waals surface area (Å²) in [6.45, 7) is -0.442. The molecule has 7 heteroatoms. The summed E-state index contributed by atoms with van der Waals surface area (Å²) in [4.78, 5) is 53.0. The summed E-state index contributed by atoms with van der Waals surface area (Å²) in [5.74, 6) is -1.48. The van der Waals surface area contributed by atoms with E-state index < -0.39 is 12.6 Å². The van der Waals surface area contributed by atoms with Gasteiger partial charge < -0.3 is 9.47 Å². The first-order valence-electron chi connectivity index (χ1n) is 12.3. The van der Waals surface area contributed by atoms with Crippen LogP contribution in [0.2, 0.25) is 0 Å². The first kappa shape index (κ1) is 24.4. The summed E-state index contributed by atoms with van der Waals surface area (Å²) < 4.78 is 10.4. The molecule has 0 unspecified atom stereocenters. The third-order valence-electron chi connectivity index (χ3n) is 7.26. The summed E-state index contributed by atoms with van der Waals surface area (Å²) in [6.07, 6.45) is 2.13. The predicted octanol–water partition coefficient (Wildman–Crippen LogP) is 4.81. The Kier molecular flexibility index (Phi) is 6.86. The number of hydrogen-bond donors (Lipinski definition) is 0. The Morgan fingerprint density at radius 1 is 0.838 bits per heavy atom. The summed E-state index contributed by atoms with van der Waals surface area (Å²) in [6, 6.07) is 22.9. The molecule has 1 saturated carbocycles. The summed E-state index contributed by atoms with van der Waals surface area (Å²) in [7, 11) is 1.50. The number of carbonyl (C=O) groups excluding carboxylic acids is 4. The molecule has 0 aromatic heterocycles. The normalized spacial score (nSPS) is 20.9. The van der Waals surface area contributed by atoms with Gasteiger partial charge in [0.05, 0.1) is 30.2 Å². The molecule has 1 aliphatic carbocycles. The van der Waals surface area contributed by atoms with Gasteiger partial charge in [0, 0.05) is 5.56 Å². The van der Waals surface area contributed by atoms with Gasteiger partial charge in [0.2, 0.25) is 11.8 Å². The zero-order chi connectivity index (χ0) is 25.9. The number of ether oxygens (including phenoxy) is 2. The van der Waals surface area contributed by atoms with Crippen molar-refractivity contribution in [1.82, 2.24) is 0 Å². The monoisotopic (exact) mass is 497 g/mol. The van der Waals surface area contributed by atoms with Gasteiger partial charge in [-0.15, -0.1) is 0 Å². The molecule has 37 heavy (non-hydrogen) atoms. The van der Waals surface area contributed by atoms with Gasteiger partial charge in [-0.3, -0.25) is 19.3 Å². The number of rotatable bonds is 7. The third kappa shape index (κ3) is 4.89. The van der Waals surface area contributed by atoms with Crippen LogP contribution in [0.1, 0.15) is 51.5 Å². The molecule has 2 fully saturated rings. The zero-order valence-corrected chi connectivity index (χ0v) is 20.5. The van der Waals surface area contributed by atoms with Crippen molar-refractivity contribution in [2.45, 2.75) is 25.2 Å². The molecule has 0 bridgehead atoms. The van der Waals surface area contributed by atoms with Crippen LogP contribution in [-0.4, -0.2) is 37.3 Å². The molecule has 1 aliphatic heterocycles. The first-order chi connectivity index (χ1) is 18.0. The van der Waals surface area contributed by atoms with Gasteiger partial charge in [-0.05, 0) is 61.1 Å². The van der Waals surface area contributed by atoms with Crippen molar-refractivity contribution in [2.75, 3.05) is 18.6 Å². The molecule has 0 radical (unpaired) electrons. The second-order valence-electron chi connectivity index (χ2n) is 9.43. The lowest BCUT2D eigenvalue weighted by molar-refractivity contribution is -0.122. The Morgan fingerprint density at radius 3 is 2.35 bits per heavy atom. The van der Waals surface area contributed by atoms with E-state index in [4.69, 9.17) is 9.47 Å². The maximum Gasteiger partial charge on any atom is 0.338 e. The molecule has 2 amide bonds. The summed E-state index contributed by atoms with van der Waals surface area (Å²) in [5.41, 5.74) is 2.06. The van der Waals surface area contributed by atoms with E-state index >= 15 is 0 Å². The zero-order valence-electron chi connectivity index (χ0n) is 20.5. The van der Waals surface area contributed by atoms with E-state index in [0.717, 1.165) is 6.42 Å². The minimum Gasteiger partial charge on any atom is -0.497 e. The van der Waals surface area contributed by atoms with Crippen LogP contribution in [0.15, 0.2) is 78.9 Å². The molecule has 0 N–H and O–H groups in total. The number of ketones is 1. The van der Waals surface area contributed by atoms with Crippen LogP contribution >= 0.6 is 0 Å². The Hall–Kier alpha value is -4.26.